The molecule has 0 fully saturated rings. The highest BCUT2D eigenvalue weighted by atomic mass is 35.5. The van der Waals surface area contributed by atoms with Crippen LogP contribution in [-0.2, 0) is 6.42 Å². The molecule has 0 aromatic carbocycles. The van der Waals surface area contributed by atoms with Gasteiger partial charge in [0, 0.05) is 24.7 Å². The number of rotatable bonds is 3. The number of nitrogens with one attached hydrogen (secondary N) is 1. The Bertz CT molecular complexity index is 176. The second kappa shape index (κ2) is 3.58. The summed E-state index contributed by atoms with van der Waals surface area (Å²) in [5, 5.41) is 9.04. The van der Waals surface area contributed by atoms with Crippen molar-refractivity contribution in [1.29, 1.82) is 0 Å². The third-order valence-corrected chi connectivity index (χ3v) is 1.52. The van der Waals surface area contributed by atoms with Crippen molar-refractivity contribution >= 4 is 11.6 Å². The summed E-state index contributed by atoms with van der Waals surface area (Å²) in [6.07, 6.45) is 3.37. The summed E-state index contributed by atoms with van der Waals surface area (Å²) in [5.41, 5.74) is 0. The standard InChI is InChI=1S/C6H9ClN2O/c7-4-5(10)3-6-8-1-2-9-6/h1-2,5,10H,3-4H2,(H,8,9)/t5-/m1/s1. The van der Waals surface area contributed by atoms with Crippen molar-refractivity contribution in [2.45, 2.75) is 12.5 Å². The number of halogens is 1. The first-order valence-corrected chi connectivity index (χ1v) is 3.58. The topological polar surface area (TPSA) is 48.9 Å². The molecule has 0 spiro atoms. The van der Waals surface area contributed by atoms with E-state index in [0.29, 0.717) is 6.42 Å². The molecule has 1 rings (SSSR count). The van der Waals surface area contributed by atoms with Gasteiger partial charge in [-0.3, -0.25) is 0 Å². The van der Waals surface area contributed by atoms with E-state index in [1.54, 1.807) is 12.4 Å². The number of aliphatic hydroxyl groups is 1. The Morgan fingerprint density at radius 1 is 1.80 bits per heavy atom. The Morgan fingerprint density at radius 3 is 3.10 bits per heavy atom. The Balaban J connectivity index is 2.40. The van der Waals surface area contributed by atoms with Crippen molar-refractivity contribution in [3.63, 3.8) is 0 Å². The molecule has 0 saturated heterocycles. The molecule has 0 aliphatic heterocycles. The Morgan fingerprint density at radius 2 is 2.60 bits per heavy atom. The van der Waals surface area contributed by atoms with Gasteiger partial charge >= 0.3 is 0 Å². The first-order valence-electron chi connectivity index (χ1n) is 3.05. The third kappa shape index (κ3) is 2.01. The summed E-state index contributed by atoms with van der Waals surface area (Å²) in [6, 6.07) is 0. The lowest BCUT2D eigenvalue weighted by molar-refractivity contribution is 0.196. The van der Waals surface area contributed by atoms with Crippen molar-refractivity contribution < 1.29 is 5.11 Å². The number of hydrogen-bond donors (Lipinski definition) is 2. The molecule has 0 aliphatic carbocycles. The number of hydrogen-bond acceptors (Lipinski definition) is 2. The van der Waals surface area contributed by atoms with Crippen molar-refractivity contribution in [1.82, 2.24) is 9.97 Å². The summed E-state index contributed by atoms with van der Waals surface area (Å²) >= 11 is 5.38. The van der Waals surface area contributed by atoms with E-state index in [2.05, 4.69) is 9.97 Å². The lowest BCUT2D eigenvalue weighted by Crippen LogP contribution is -2.12. The van der Waals surface area contributed by atoms with Crippen molar-refractivity contribution in [2.24, 2.45) is 0 Å². The van der Waals surface area contributed by atoms with Crippen LogP contribution in [0.2, 0.25) is 0 Å². The molecule has 0 saturated carbocycles. The fourth-order valence-corrected chi connectivity index (χ4v) is 0.796. The van der Waals surface area contributed by atoms with Crippen LogP contribution in [0.1, 0.15) is 5.82 Å². The van der Waals surface area contributed by atoms with Crippen LogP contribution < -0.4 is 0 Å². The van der Waals surface area contributed by atoms with Gasteiger partial charge in [-0.2, -0.15) is 0 Å². The van der Waals surface area contributed by atoms with Crippen LogP contribution >= 0.6 is 11.6 Å². The number of aromatic amines is 1. The van der Waals surface area contributed by atoms with E-state index < -0.39 is 6.10 Å². The number of H-pyrrole nitrogens is 1. The van der Waals surface area contributed by atoms with E-state index in [-0.39, 0.29) is 5.88 Å². The van der Waals surface area contributed by atoms with Gasteiger partial charge in [-0.25, -0.2) is 4.98 Å². The zero-order valence-corrected chi connectivity index (χ0v) is 6.17. The lowest BCUT2D eigenvalue weighted by Gasteiger charge is -2.01. The molecule has 0 amide bonds. The number of aromatic nitrogens is 2. The van der Waals surface area contributed by atoms with Gasteiger partial charge in [-0.05, 0) is 0 Å². The van der Waals surface area contributed by atoms with Crippen LogP contribution in [-0.4, -0.2) is 27.1 Å². The van der Waals surface area contributed by atoms with Crippen molar-refractivity contribution in [3.8, 4) is 0 Å². The van der Waals surface area contributed by atoms with E-state index in [1.807, 2.05) is 0 Å². The third-order valence-electron chi connectivity index (χ3n) is 1.16. The van der Waals surface area contributed by atoms with Crippen LogP contribution in [0.15, 0.2) is 12.4 Å². The molecule has 56 valence electrons. The van der Waals surface area contributed by atoms with E-state index in [4.69, 9.17) is 16.7 Å². The minimum Gasteiger partial charge on any atom is -0.391 e. The maximum Gasteiger partial charge on any atom is 0.108 e. The fraction of sp³-hybridized carbons (Fsp3) is 0.500. The highest BCUT2D eigenvalue weighted by Crippen LogP contribution is 1.97. The first-order chi connectivity index (χ1) is 4.83. The summed E-state index contributed by atoms with van der Waals surface area (Å²) < 4.78 is 0. The molecule has 0 bridgehead atoms. The average molecular weight is 161 g/mol. The molecular formula is C6H9ClN2O. The molecule has 1 atom stereocenters. The predicted molar refractivity (Wildman–Crippen MR) is 39.0 cm³/mol. The number of alkyl halides is 1. The van der Waals surface area contributed by atoms with E-state index in [0.717, 1.165) is 5.82 Å². The average Bonchev–Trinajstić information content (AvgIpc) is 2.40. The highest BCUT2D eigenvalue weighted by Gasteiger charge is 2.03. The largest absolute Gasteiger partial charge is 0.391 e. The second-order valence-corrected chi connectivity index (χ2v) is 2.36. The molecule has 3 nitrogen and oxygen atoms in total. The molecule has 10 heavy (non-hydrogen) atoms. The minimum absolute atomic E-state index is 0.251. The Kier molecular flexibility index (Phi) is 2.71. The van der Waals surface area contributed by atoms with Gasteiger partial charge in [0.25, 0.3) is 0 Å². The Hall–Kier alpha value is -0.540. The molecule has 0 unspecified atom stereocenters. The first kappa shape index (κ1) is 7.57. The molecule has 1 aromatic rings. The molecule has 1 aromatic heterocycles. The quantitative estimate of drug-likeness (QED) is 0.635. The van der Waals surface area contributed by atoms with Gasteiger partial charge < -0.3 is 10.1 Å². The second-order valence-electron chi connectivity index (χ2n) is 2.05. The van der Waals surface area contributed by atoms with Gasteiger partial charge in [0.15, 0.2) is 0 Å². The SMILES string of the molecule is O[C@@H](CCl)Cc1ncc[nH]1. The molecule has 0 radical (unpaired) electrons. The zero-order chi connectivity index (χ0) is 7.40. The van der Waals surface area contributed by atoms with Gasteiger partial charge in [0.2, 0.25) is 0 Å². The van der Waals surface area contributed by atoms with Gasteiger partial charge in [0.05, 0.1) is 6.10 Å². The summed E-state index contributed by atoms with van der Waals surface area (Å²) in [4.78, 5) is 6.80. The van der Waals surface area contributed by atoms with Crippen LogP contribution in [0, 0.1) is 0 Å². The summed E-state index contributed by atoms with van der Waals surface area (Å²) in [7, 11) is 0. The van der Waals surface area contributed by atoms with Crippen LogP contribution in [0.25, 0.3) is 0 Å². The maximum absolute atomic E-state index is 9.04. The number of nitrogens with zero attached hydrogens (tertiary/aromatic N) is 1. The fourth-order valence-electron chi connectivity index (χ4n) is 0.687. The number of aliphatic hydroxyl groups excluding tert-OH is 1. The molecule has 4 heteroatoms. The monoisotopic (exact) mass is 160 g/mol. The maximum atomic E-state index is 9.04. The van der Waals surface area contributed by atoms with E-state index >= 15 is 0 Å². The zero-order valence-electron chi connectivity index (χ0n) is 5.42. The van der Waals surface area contributed by atoms with Crippen molar-refractivity contribution in [3.05, 3.63) is 18.2 Å². The Labute approximate surface area is 64.1 Å². The van der Waals surface area contributed by atoms with Crippen LogP contribution in [0.4, 0.5) is 0 Å². The normalized spacial score (nSPS) is 13.4. The van der Waals surface area contributed by atoms with Gasteiger partial charge in [-0.15, -0.1) is 11.6 Å². The smallest absolute Gasteiger partial charge is 0.108 e. The minimum atomic E-state index is -0.493. The van der Waals surface area contributed by atoms with Gasteiger partial charge in [0.1, 0.15) is 5.82 Å². The highest BCUT2D eigenvalue weighted by molar-refractivity contribution is 6.18. The van der Waals surface area contributed by atoms with E-state index in [1.165, 1.54) is 0 Å². The van der Waals surface area contributed by atoms with E-state index in [9.17, 15) is 0 Å². The molecular weight excluding hydrogens is 152 g/mol. The summed E-state index contributed by atoms with van der Waals surface area (Å²) in [5.74, 6) is 1.02. The van der Waals surface area contributed by atoms with Gasteiger partial charge in [-0.1, -0.05) is 0 Å². The summed E-state index contributed by atoms with van der Waals surface area (Å²) in [6.45, 7) is 0. The van der Waals surface area contributed by atoms with Crippen LogP contribution in [0.5, 0.6) is 0 Å². The molecule has 0 aliphatic rings. The number of imidazole rings is 1. The van der Waals surface area contributed by atoms with Crippen LogP contribution in [0.3, 0.4) is 0 Å². The molecule has 1 heterocycles. The predicted octanol–water partition coefficient (Wildman–Crippen LogP) is 0.552. The van der Waals surface area contributed by atoms with Crippen molar-refractivity contribution in [2.75, 3.05) is 5.88 Å². The molecule has 2 N–H and O–H groups in total. The lowest BCUT2D eigenvalue weighted by atomic mass is 10.3.